The van der Waals surface area contributed by atoms with Gasteiger partial charge < -0.3 is 5.32 Å². The van der Waals surface area contributed by atoms with Crippen LogP contribution in [0.4, 0.5) is 15.6 Å². The first-order valence-electron chi connectivity index (χ1n) is 6.64. The molecule has 0 bridgehead atoms. The average molecular weight is 444 g/mol. The zero-order valence-corrected chi connectivity index (χ0v) is 15.8. The molecule has 3 aromatic rings. The number of urea groups is 1. The molecule has 1 heterocycles. The molecule has 0 aliphatic carbocycles. The second-order valence-electron chi connectivity index (χ2n) is 4.63. The molecule has 0 radical (unpaired) electrons. The Morgan fingerprint density at radius 2 is 1.88 bits per heavy atom. The summed E-state index contributed by atoms with van der Waals surface area (Å²) in [6.07, 6.45) is 0. The number of anilines is 2. The van der Waals surface area contributed by atoms with E-state index in [1.165, 1.54) is 11.3 Å². The van der Waals surface area contributed by atoms with Gasteiger partial charge >= 0.3 is 6.03 Å². The Hall–Kier alpha value is -1.67. The molecule has 0 aliphatic heterocycles. The largest absolute Gasteiger partial charge is 0.325 e. The van der Waals surface area contributed by atoms with Crippen molar-refractivity contribution in [1.82, 2.24) is 10.2 Å². The summed E-state index contributed by atoms with van der Waals surface area (Å²) in [6.45, 7) is 0. The van der Waals surface area contributed by atoms with Gasteiger partial charge in [0, 0.05) is 15.7 Å². The lowest BCUT2D eigenvalue weighted by atomic mass is 10.2. The molecular weight excluding hydrogens is 435 g/mol. The Morgan fingerprint density at radius 1 is 1.04 bits per heavy atom. The van der Waals surface area contributed by atoms with Crippen molar-refractivity contribution in [2.24, 2.45) is 0 Å². The van der Waals surface area contributed by atoms with E-state index in [1.807, 2.05) is 24.3 Å². The van der Waals surface area contributed by atoms with Crippen LogP contribution in [-0.4, -0.2) is 16.2 Å². The van der Waals surface area contributed by atoms with Gasteiger partial charge in [-0.25, -0.2) is 4.79 Å². The van der Waals surface area contributed by atoms with Crippen molar-refractivity contribution in [2.45, 2.75) is 0 Å². The number of rotatable bonds is 3. The first-order valence-corrected chi connectivity index (χ1v) is 9.00. The Bertz CT molecular complexity index is 903. The standard InChI is InChI=1S/C15H9BrCl2N4OS/c16-9-3-1-2-8(6-9)13-21-22-15(24-13)20-14(23)19-10-4-5-11(17)12(18)7-10/h1-7H,(H2,19,20,22,23). The van der Waals surface area contributed by atoms with E-state index in [-0.39, 0.29) is 0 Å². The molecule has 2 aromatic carbocycles. The molecule has 0 unspecified atom stereocenters. The second-order valence-corrected chi connectivity index (χ2v) is 7.34. The van der Waals surface area contributed by atoms with Crippen LogP contribution in [0.15, 0.2) is 46.9 Å². The van der Waals surface area contributed by atoms with Crippen molar-refractivity contribution in [3.8, 4) is 10.6 Å². The second kappa shape index (κ2) is 7.48. The lowest BCUT2D eigenvalue weighted by molar-refractivity contribution is 0.262. The zero-order valence-electron chi connectivity index (χ0n) is 11.9. The summed E-state index contributed by atoms with van der Waals surface area (Å²) < 4.78 is 0.946. The SMILES string of the molecule is O=C(Nc1ccc(Cl)c(Cl)c1)Nc1nnc(-c2cccc(Br)c2)s1. The molecule has 2 N–H and O–H groups in total. The van der Waals surface area contributed by atoms with Gasteiger partial charge in [0.15, 0.2) is 0 Å². The highest BCUT2D eigenvalue weighted by Crippen LogP contribution is 2.28. The Kier molecular flexibility index (Phi) is 5.35. The molecule has 0 saturated heterocycles. The number of nitrogens with zero attached hydrogens (tertiary/aromatic N) is 2. The predicted molar refractivity (Wildman–Crippen MR) is 102 cm³/mol. The van der Waals surface area contributed by atoms with Gasteiger partial charge in [-0.3, -0.25) is 5.32 Å². The van der Waals surface area contributed by atoms with E-state index < -0.39 is 6.03 Å². The van der Waals surface area contributed by atoms with Gasteiger partial charge in [-0.2, -0.15) is 0 Å². The molecular formula is C15H9BrCl2N4OS. The number of benzene rings is 2. The van der Waals surface area contributed by atoms with Crippen LogP contribution < -0.4 is 10.6 Å². The van der Waals surface area contributed by atoms with Crippen molar-refractivity contribution < 1.29 is 4.79 Å². The Labute approximate surface area is 160 Å². The van der Waals surface area contributed by atoms with E-state index in [4.69, 9.17) is 23.2 Å². The van der Waals surface area contributed by atoms with Crippen LogP contribution in [0.25, 0.3) is 10.6 Å². The lowest BCUT2D eigenvalue weighted by Crippen LogP contribution is -2.19. The number of carbonyl (C=O) groups excluding carboxylic acids is 1. The molecule has 0 fully saturated rings. The van der Waals surface area contributed by atoms with E-state index in [0.717, 1.165) is 10.0 Å². The molecule has 5 nitrogen and oxygen atoms in total. The van der Waals surface area contributed by atoms with Crippen LogP contribution in [0.5, 0.6) is 0 Å². The maximum Gasteiger partial charge on any atom is 0.325 e. The molecule has 0 atom stereocenters. The fraction of sp³-hybridized carbons (Fsp3) is 0. The van der Waals surface area contributed by atoms with Gasteiger partial charge in [-0.05, 0) is 30.3 Å². The van der Waals surface area contributed by atoms with E-state index in [1.54, 1.807) is 18.2 Å². The maximum absolute atomic E-state index is 12.0. The molecule has 0 aliphatic rings. The van der Waals surface area contributed by atoms with Crippen LogP contribution in [-0.2, 0) is 0 Å². The van der Waals surface area contributed by atoms with Crippen LogP contribution in [0, 0.1) is 0 Å². The number of halogens is 3. The fourth-order valence-electron chi connectivity index (χ4n) is 1.85. The van der Waals surface area contributed by atoms with Crippen molar-refractivity contribution in [3.05, 3.63) is 57.0 Å². The highest BCUT2D eigenvalue weighted by molar-refractivity contribution is 9.10. The van der Waals surface area contributed by atoms with Gasteiger partial charge in [0.25, 0.3) is 0 Å². The normalized spacial score (nSPS) is 10.5. The van der Waals surface area contributed by atoms with E-state index >= 15 is 0 Å². The van der Waals surface area contributed by atoms with Gasteiger partial charge in [-0.15, -0.1) is 10.2 Å². The molecule has 3 rings (SSSR count). The topological polar surface area (TPSA) is 66.9 Å². The van der Waals surface area contributed by atoms with E-state index in [2.05, 4.69) is 36.8 Å². The Balaban J connectivity index is 1.68. The van der Waals surface area contributed by atoms with Crippen molar-refractivity contribution in [3.63, 3.8) is 0 Å². The third-order valence-corrected chi connectivity index (χ3v) is 5.01. The molecule has 24 heavy (non-hydrogen) atoms. The van der Waals surface area contributed by atoms with Gasteiger partial charge in [0.1, 0.15) is 5.01 Å². The lowest BCUT2D eigenvalue weighted by Gasteiger charge is -2.06. The van der Waals surface area contributed by atoms with Gasteiger partial charge in [0.05, 0.1) is 10.0 Å². The maximum atomic E-state index is 12.0. The number of hydrogen-bond acceptors (Lipinski definition) is 4. The summed E-state index contributed by atoms with van der Waals surface area (Å²) in [6, 6.07) is 12.1. The highest BCUT2D eigenvalue weighted by atomic mass is 79.9. The number of nitrogens with one attached hydrogen (secondary N) is 2. The molecule has 1 aromatic heterocycles. The summed E-state index contributed by atoms with van der Waals surface area (Å²) in [5.74, 6) is 0. The highest BCUT2D eigenvalue weighted by Gasteiger charge is 2.10. The molecule has 0 spiro atoms. The van der Waals surface area contributed by atoms with E-state index in [9.17, 15) is 4.79 Å². The van der Waals surface area contributed by atoms with Crippen LogP contribution >= 0.6 is 50.5 Å². The minimum atomic E-state index is -0.440. The summed E-state index contributed by atoms with van der Waals surface area (Å²) in [5, 5.41) is 15.2. The molecule has 122 valence electrons. The number of carbonyl (C=O) groups is 1. The summed E-state index contributed by atoms with van der Waals surface area (Å²) >= 11 is 16.4. The van der Waals surface area contributed by atoms with Crippen LogP contribution in [0.2, 0.25) is 10.0 Å². The first-order chi connectivity index (χ1) is 11.5. The third-order valence-electron chi connectivity index (χ3n) is 2.89. The summed E-state index contributed by atoms with van der Waals surface area (Å²) in [5.41, 5.74) is 1.44. The predicted octanol–water partition coefficient (Wildman–Crippen LogP) is 5.92. The van der Waals surface area contributed by atoms with Gasteiger partial charge in [0.2, 0.25) is 5.13 Å². The Morgan fingerprint density at radius 3 is 2.62 bits per heavy atom. The summed E-state index contributed by atoms with van der Waals surface area (Å²) in [4.78, 5) is 12.0. The van der Waals surface area contributed by atoms with Crippen molar-refractivity contribution in [2.75, 3.05) is 10.6 Å². The minimum absolute atomic E-state index is 0.363. The van der Waals surface area contributed by atoms with Crippen LogP contribution in [0.1, 0.15) is 0 Å². The number of hydrogen-bond donors (Lipinski definition) is 2. The zero-order chi connectivity index (χ0) is 17.1. The van der Waals surface area contributed by atoms with Crippen LogP contribution in [0.3, 0.4) is 0 Å². The average Bonchev–Trinajstić information content (AvgIpc) is 2.99. The quantitative estimate of drug-likeness (QED) is 0.527. The fourth-order valence-corrected chi connectivity index (χ4v) is 3.28. The summed E-state index contributed by atoms with van der Waals surface area (Å²) in [7, 11) is 0. The van der Waals surface area contributed by atoms with Crippen molar-refractivity contribution >= 4 is 67.3 Å². The van der Waals surface area contributed by atoms with Crippen molar-refractivity contribution in [1.29, 1.82) is 0 Å². The number of amides is 2. The molecule has 9 heteroatoms. The third kappa shape index (κ3) is 4.24. The molecule has 2 amide bonds. The van der Waals surface area contributed by atoms with E-state index in [0.29, 0.717) is 25.9 Å². The first kappa shape index (κ1) is 17.2. The minimum Gasteiger partial charge on any atom is -0.308 e. The van der Waals surface area contributed by atoms with Gasteiger partial charge in [-0.1, -0.05) is 62.6 Å². The molecule has 0 saturated carbocycles. The smallest absolute Gasteiger partial charge is 0.308 e. The monoisotopic (exact) mass is 442 g/mol. The number of aromatic nitrogens is 2.